The van der Waals surface area contributed by atoms with Crippen LogP contribution in [-0.2, 0) is 16.0 Å². The number of esters is 1. The summed E-state index contributed by atoms with van der Waals surface area (Å²) in [4.78, 5) is 12.1. The summed E-state index contributed by atoms with van der Waals surface area (Å²) in [6.45, 7) is 7.62. The number of ether oxygens (including phenoxy) is 1. The average molecular weight is 270 g/mol. The molecule has 2 rings (SSSR count). The summed E-state index contributed by atoms with van der Waals surface area (Å²) in [6.07, 6.45) is 0.705. The first kappa shape index (κ1) is 14.6. The third-order valence-corrected chi connectivity index (χ3v) is 3.22. The Hall–Kier alpha value is -1.83. The predicted octanol–water partition coefficient (Wildman–Crippen LogP) is 4.36. The van der Waals surface area contributed by atoms with Gasteiger partial charge in [-0.25, -0.2) is 0 Å². The molecule has 0 aliphatic rings. The second-order valence-corrected chi connectivity index (χ2v) is 6.28. The first-order valence-electron chi connectivity index (χ1n) is 7.06. The summed E-state index contributed by atoms with van der Waals surface area (Å²) >= 11 is 0. The summed E-state index contributed by atoms with van der Waals surface area (Å²) in [5, 5.41) is 2.42. The van der Waals surface area contributed by atoms with Crippen molar-refractivity contribution in [2.75, 3.05) is 0 Å². The predicted molar refractivity (Wildman–Crippen MR) is 82.7 cm³/mol. The highest BCUT2D eigenvalue weighted by Gasteiger charge is 2.22. The van der Waals surface area contributed by atoms with Crippen LogP contribution in [0.3, 0.4) is 0 Å². The lowest BCUT2D eigenvalue weighted by molar-refractivity contribution is -0.159. The highest BCUT2D eigenvalue weighted by molar-refractivity contribution is 5.86. The van der Waals surface area contributed by atoms with Crippen molar-refractivity contribution in [3.05, 3.63) is 48.0 Å². The molecule has 2 aromatic carbocycles. The van der Waals surface area contributed by atoms with Gasteiger partial charge in [0.1, 0.15) is 5.60 Å². The summed E-state index contributed by atoms with van der Waals surface area (Å²) in [6, 6.07) is 14.5. The molecule has 0 bridgehead atoms. The van der Waals surface area contributed by atoms with E-state index in [2.05, 4.69) is 24.3 Å². The fraction of sp³-hybridized carbons (Fsp3) is 0.389. The van der Waals surface area contributed by atoms with Crippen molar-refractivity contribution in [3.8, 4) is 0 Å². The van der Waals surface area contributed by atoms with E-state index in [1.165, 1.54) is 16.3 Å². The largest absolute Gasteiger partial charge is 0.460 e. The van der Waals surface area contributed by atoms with Crippen LogP contribution in [-0.4, -0.2) is 11.6 Å². The minimum Gasteiger partial charge on any atom is -0.460 e. The number of fused-ring (bicyclic) bond motifs is 1. The third-order valence-electron chi connectivity index (χ3n) is 3.22. The molecule has 2 heteroatoms. The molecule has 0 aliphatic heterocycles. The van der Waals surface area contributed by atoms with Crippen LogP contribution in [0.1, 0.15) is 33.3 Å². The van der Waals surface area contributed by atoms with Crippen molar-refractivity contribution in [1.82, 2.24) is 0 Å². The molecule has 1 atom stereocenters. The van der Waals surface area contributed by atoms with Crippen molar-refractivity contribution < 1.29 is 9.53 Å². The Morgan fingerprint density at radius 3 is 2.45 bits per heavy atom. The highest BCUT2D eigenvalue weighted by atomic mass is 16.6. The lowest BCUT2D eigenvalue weighted by atomic mass is 9.96. The van der Waals surface area contributed by atoms with Crippen LogP contribution < -0.4 is 0 Å². The van der Waals surface area contributed by atoms with Gasteiger partial charge in [-0.2, -0.15) is 0 Å². The van der Waals surface area contributed by atoms with Gasteiger partial charge in [0.05, 0.1) is 5.92 Å². The molecular formula is C18H22O2. The molecule has 0 radical (unpaired) electrons. The SMILES string of the molecule is CC(Cc1cccc2ccccc12)C(=O)OC(C)(C)C. The van der Waals surface area contributed by atoms with Gasteiger partial charge in [-0.1, -0.05) is 49.4 Å². The Balaban J connectivity index is 2.18. The quantitative estimate of drug-likeness (QED) is 0.775. The van der Waals surface area contributed by atoms with Gasteiger partial charge in [0, 0.05) is 0 Å². The molecular weight excluding hydrogens is 248 g/mol. The number of rotatable bonds is 3. The number of carbonyl (C=O) groups excluding carboxylic acids is 1. The van der Waals surface area contributed by atoms with Gasteiger partial charge in [0.2, 0.25) is 0 Å². The molecule has 0 saturated heterocycles. The Morgan fingerprint density at radius 2 is 1.75 bits per heavy atom. The average Bonchev–Trinajstić information content (AvgIpc) is 2.37. The van der Waals surface area contributed by atoms with E-state index in [-0.39, 0.29) is 11.9 Å². The van der Waals surface area contributed by atoms with Crippen LogP contribution in [0.25, 0.3) is 10.8 Å². The maximum Gasteiger partial charge on any atom is 0.309 e. The third kappa shape index (κ3) is 3.60. The maximum atomic E-state index is 12.1. The first-order chi connectivity index (χ1) is 9.37. The van der Waals surface area contributed by atoms with Gasteiger partial charge in [0.25, 0.3) is 0 Å². The zero-order valence-electron chi connectivity index (χ0n) is 12.6. The minimum atomic E-state index is -0.426. The van der Waals surface area contributed by atoms with E-state index < -0.39 is 5.60 Å². The number of benzene rings is 2. The van der Waals surface area contributed by atoms with Gasteiger partial charge >= 0.3 is 5.97 Å². The van der Waals surface area contributed by atoms with Gasteiger partial charge in [-0.15, -0.1) is 0 Å². The van der Waals surface area contributed by atoms with E-state index in [9.17, 15) is 4.79 Å². The second-order valence-electron chi connectivity index (χ2n) is 6.28. The molecule has 0 aromatic heterocycles. The molecule has 0 N–H and O–H groups in total. The molecule has 0 spiro atoms. The standard InChI is InChI=1S/C18H22O2/c1-13(17(19)20-18(2,3)4)12-15-10-7-9-14-8-5-6-11-16(14)15/h5-11,13H,12H2,1-4H3. The fourth-order valence-electron chi connectivity index (χ4n) is 2.29. The maximum absolute atomic E-state index is 12.1. The molecule has 1 unspecified atom stereocenters. The minimum absolute atomic E-state index is 0.134. The van der Waals surface area contributed by atoms with Gasteiger partial charge in [0.15, 0.2) is 0 Å². The molecule has 0 saturated carbocycles. The summed E-state index contributed by atoms with van der Waals surface area (Å²) in [7, 11) is 0. The van der Waals surface area contributed by atoms with Crippen LogP contribution in [0.2, 0.25) is 0 Å². The van der Waals surface area contributed by atoms with Crippen LogP contribution in [0.5, 0.6) is 0 Å². The molecule has 0 fully saturated rings. The molecule has 106 valence electrons. The molecule has 0 heterocycles. The van der Waals surface area contributed by atoms with E-state index in [1.807, 2.05) is 45.9 Å². The monoisotopic (exact) mass is 270 g/mol. The summed E-state index contributed by atoms with van der Waals surface area (Å²) in [5.74, 6) is -0.273. The Labute approximate surface area is 120 Å². The zero-order valence-corrected chi connectivity index (χ0v) is 12.6. The van der Waals surface area contributed by atoms with E-state index in [1.54, 1.807) is 0 Å². The lowest BCUT2D eigenvalue weighted by Crippen LogP contribution is -2.28. The number of hydrogen-bond acceptors (Lipinski definition) is 2. The highest BCUT2D eigenvalue weighted by Crippen LogP contribution is 2.22. The normalized spacial score (nSPS) is 13.2. The van der Waals surface area contributed by atoms with Crippen molar-refractivity contribution >= 4 is 16.7 Å². The second kappa shape index (κ2) is 5.66. The lowest BCUT2D eigenvalue weighted by Gasteiger charge is -2.22. The Bertz CT molecular complexity index is 603. The van der Waals surface area contributed by atoms with Crippen molar-refractivity contribution in [2.45, 2.75) is 39.7 Å². The molecule has 2 aromatic rings. The molecule has 20 heavy (non-hydrogen) atoms. The van der Waals surface area contributed by atoms with Crippen molar-refractivity contribution in [3.63, 3.8) is 0 Å². The van der Waals surface area contributed by atoms with Gasteiger partial charge in [-0.3, -0.25) is 4.79 Å². The topological polar surface area (TPSA) is 26.3 Å². The molecule has 0 aliphatic carbocycles. The van der Waals surface area contributed by atoms with E-state index >= 15 is 0 Å². The van der Waals surface area contributed by atoms with Crippen molar-refractivity contribution in [1.29, 1.82) is 0 Å². The van der Waals surface area contributed by atoms with Gasteiger partial charge < -0.3 is 4.74 Å². The summed E-state index contributed by atoms with van der Waals surface area (Å²) in [5.41, 5.74) is 0.769. The van der Waals surface area contributed by atoms with Crippen LogP contribution >= 0.6 is 0 Å². The smallest absolute Gasteiger partial charge is 0.309 e. The van der Waals surface area contributed by atoms with Crippen molar-refractivity contribution in [2.24, 2.45) is 5.92 Å². The summed E-state index contributed by atoms with van der Waals surface area (Å²) < 4.78 is 5.44. The number of carbonyl (C=O) groups is 1. The van der Waals surface area contributed by atoms with Crippen LogP contribution in [0.4, 0.5) is 0 Å². The van der Waals surface area contributed by atoms with E-state index in [4.69, 9.17) is 4.74 Å². The van der Waals surface area contributed by atoms with Gasteiger partial charge in [-0.05, 0) is 43.5 Å². The Morgan fingerprint density at radius 1 is 1.10 bits per heavy atom. The van der Waals surface area contributed by atoms with Crippen LogP contribution in [0, 0.1) is 5.92 Å². The number of hydrogen-bond donors (Lipinski definition) is 0. The van der Waals surface area contributed by atoms with E-state index in [0.29, 0.717) is 6.42 Å². The Kier molecular flexibility index (Phi) is 4.12. The molecule has 2 nitrogen and oxygen atoms in total. The van der Waals surface area contributed by atoms with Crippen LogP contribution in [0.15, 0.2) is 42.5 Å². The molecule has 0 amide bonds. The van der Waals surface area contributed by atoms with E-state index in [0.717, 1.165) is 0 Å². The fourth-order valence-corrected chi connectivity index (χ4v) is 2.29. The first-order valence-corrected chi connectivity index (χ1v) is 7.06. The zero-order chi connectivity index (χ0) is 14.8.